The Bertz CT molecular complexity index is 923. The van der Waals surface area contributed by atoms with Gasteiger partial charge in [0.25, 0.3) is 0 Å². The Kier molecular flexibility index (Phi) is 7.43. The molecule has 1 aromatic heterocycles. The van der Waals surface area contributed by atoms with Crippen LogP contribution in [0.2, 0.25) is 0 Å². The number of aromatic nitrogens is 1. The van der Waals surface area contributed by atoms with Crippen LogP contribution in [0.25, 0.3) is 0 Å². The molecule has 1 amide bonds. The molecule has 6 nitrogen and oxygen atoms in total. The molecule has 4 rings (SSSR count). The van der Waals surface area contributed by atoms with E-state index >= 15 is 0 Å². The third-order valence-electron chi connectivity index (χ3n) is 6.92. The third kappa shape index (κ3) is 5.48. The number of likely N-dealkylation sites (tertiary alicyclic amines) is 1. The van der Waals surface area contributed by atoms with Crippen LogP contribution in [-0.2, 0) is 22.6 Å². The Morgan fingerprint density at radius 2 is 1.84 bits per heavy atom. The van der Waals surface area contributed by atoms with E-state index in [0.717, 1.165) is 74.4 Å². The number of aryl methyl sites for hydroxylation is 1. The van der Waals surface area contributed by atoms with Crippen LogP contribution in [0.5, 0.6) is 0 Å². The monoisotopic (exact) mass is 437 g/mol. The van der Waals surface area contributed by atoms with Crippen LogP contribution < -0.4 is 5.32 Å². The maximum atomic E-state index is 13.0. The third-order valence-corrected chi connectivity index (χ3v) is 6.92. The van der Waals surface area contributed by atoms with Crippen molar-refractivity contribution in [2.75, 3.05) is 26.2 Å². The molecule has 2 aromatic rings. The molecule has 0 radical (unpaired) electrons. The summed E-state index contributed by atoms with van der Waals surface area (Å²) in [5.41, 5.74) is 4.09. The molecular formula is C26H35N3O3. The van der Waals surface area contributed by atoms with Gasteiger partial charge in [0.05, 0.1) is 12.6 Å². The second kappa shape index (κ2) is 10.5. The minimum atomic E-state index is 0.0292. The zero-order chi connectivity index (χ0) is 22.5. The number of carbonyl (C=O) groups excluding carboxylic acids is 2. The molecule has 1 atom stereocenters. The molecule has 3 heterocycles. The Morgan fingerprint density at radius 1 is 1.09 bits per heavy atom. The normalized spacial score (nSPS) is 19.9. The molecule has 6 heteroatoms. The first-order valence-corrected chi connectivity index (χ1v) is 11.9. The molecule has 0 bridgehead atoms. The van der Waals surface area contributed by atoms with E-state index in [2.05, 4.69) is 21.7 Å². The van der Waals surface area contributed by atoms with Gasteiger partial charge in [-0.3, -0.25) is 14.5 Å². The van der Waals surface area contributed by atoms with E-state index in [1.54, 1.807) is 0 Å². The van der Waals surface area contributed by atoms with Crippen molar-refractivity contribution < 1.29 is 14.3 Å². The predicted octanol–water partition coefficient (Wildman–Crippen LogP) is 3.50. The van der Waals surface area contributed by atoms with Crippen molar-refractivity contribution in [3.63, 3.8) is 0 Å². The first kappa shape index (κ1) is 22.7. The summed E-state index contributed by atoms with van der Waals surface area (Å²) in [5, 5.41) is 3.06. The topological polar surface area (TPSA) is 63.6 Å². The van der Waals surface area contributed by atoms with E-state index in [1.807, 2.05) is 43.3 Å². The summed E-state index contributed by atoms with van der Waals surface area (Å²) in [6.07, 6.45) is 4.07. The molecule has 1 unspecified atom stereocenters. The molecule has 172 valence electrons. The van der Waals surface area contributed by atoms with E-state index in [-0.39, 0.29) is 23.7 Å². The lowest BCUT2D eigenvalue weighted by molar-refractivity contribution is -0.126. The Balaban J connectivity index is 1.26. The highest BCUT2D eigenvalue weighted by atomic mass is 16.5. The van der Waals surface area contributed by atoms with Crippen molar-refractivity contribution in [2.45, 2.75) is 58.7 Å². The Labute approximate surface area is 190 Å². The number of nitrogens with one attached hydrogen (secondary N) is 1. The van der Waals surface area contributed by atoms with E-state index in [1.165, 1.54) is 0 Å². The van der Waals surface area contributed by atoms with Gasteiger partial charge >= 0.3 is 0 Å². The fraction of sp³-hybridized carbons (Fsp3) is 0.538. The maximum absolute atomic E-state index is 13.0. The standard InChI is InChI=1S/C26H35N3O3/c1-19-15-24(20(2)29(19)17-23-9-6-14-32-23)25(30)18-28-12-10-22(11-13-28)26(31)27-16-21-7-4-3-5-8-21/h3-5,7-8,15,22-23H,6,9-14,16-18H2,1-2H3,(H,27,31). The predicted molar refractivity (Wildman–Crippen MR) is 125 cm³/mol. The number of carbonyl (C=O) groups is 2. The van der Waals surface area contributed by atoms with E-state index in [4.69, 9.17) is 4.74 Å². The lowest BCUT2D eigenvalue weighted by Gasteiger charge is -2.30. The molecule has 1 N–H and O–H groups in total. The minimum Gasteiger partial charge on any atom is -0.376 e. The number of rotatable bonds is 8. The van der Waals surface area contributed by atoms with Crippen LogP contribution in [0.15, 0.2) is 36.4 Å². The summed E-state index contributed by atoms with van der Waals surface area (Å²) in [6.45, 7) is 8.33. The molecule has 0 aliphatic carbocycles. The highest BCUT2D eigenvalue weighted by Gasteiger charge is 2.27. The largest absolute Gasteiger partial charge is 0.376 e. The Hall–Kier alpha value is -2.44. The summed E-state index contributed by atoms with van der Waals surface area (Å²) >= 11 is 0. The highest BCUT2D eigenvalue weighted by molar-refractivity contribution is 5.99. The van der Waals surface area contributed by atoms with Crippen LogP contribution in [0.4, 0.5) is 0 Å². The molecule has 2 aliphatic rings. The number of amides is 1. The van der Waals surface area contributed by atoms with Crippen LogP contribution in [0, 0.1) is 19.8 Å². The fourth-order valence-electron chi connectivity index (χ4n) is 4.93. The smallest absolute Gasteiger partial charge is 0.223 e. The van der Waals surface area contributed by atoms with Gasteiger partial charge in [0.2, 0.25) is 5.91 Å². The molecule has 0 saturated carbocycles. The molecule has 2 fully saturated rings. The zero-order valence-electron chi connectivity index (χ0n) is 19.3. The van der Waals surface area contributed by atoms with Gasteiger partial charge in [-0.1, -0.05) is 30.3 Å². The van der Waals surface area contributed by atoms with Crippen molar-refractivity contribution in [1.29, 1.82) is 0 Å². The number of piperidine rings is 1. The van der Waals surface area contributed by atoms with Gasteiger partial charge in [0.1, 0.15) is 0 Å². The van der Waals surface area contributed by atoms with Crippen LogP contribution >= 0.6 is 0 Å². The summed E-state index contributed by atoms with van der Waals surface area (Å²) in [7, 11) is 0. The van der Waals surface area contributed by atoms with Crippen molar-refractivity contribution in [3.8, 4) is 0 Å². The fourth-order valence-corrected chi connectivity index (χ4v) is 4.93. The van der Waals surface area contributed by atoms with Crippen molar-refractivity contribution >= 4 is 11.7 Å². The second-order valence-corrected chi connectivity index (χ2v) is 9.21. The maximum Gasteiger partial charge on any atom is 0.223 e. The number of benzene rings is 1. The van der Waals surface area contributed by atoms with Gasteiger partial charge in [0.15, 0.2) is 5.78 Å². The second-order valence-electron chi connectivity index (χ2n) is 9.21. The van der Waals surface area contributed by atoms with E-state index in [0.29, 0.717) is 13.1 Å². The first-order valence-electron chi connectivity index (χ1n) is 11.9. The molecular weight excluding hydrogens is 402 g/mol. The van der Waals surface area contributed by atoms with Gasteiger partial charge in [0, 0.05) is 42.6 Å². The lowest BCUT2D eigenvalue weighted by Crippen LogP contribution is -2.42. The summed E-state index contributed by atoms with van der Waals surface area (Å²) in [5.74, 6) is 0.322. The minimum absolute atomic E-state index is 0.0292. The van der Waals surface area contributed by atoms with Gasteiger partial charge in [-0.05, 0) is 64.3 Å². The molecule has 0 spiro atoms. The zero-order valence-corrected chi connectivity index (χ0v) is 19.3. The number of ketones is 1. The van der Waals surface area contributed by atoms with Gasteiger partial charge in [-0.25, -0.2) is 0 Å². The first-order chi connectivity index (χ1) is 15.5. The SMILES string of the molecule is Cc1cc(C(=O)CN2CCC(C(=O)NCc3ccccc3)CC2)c(C)n1CC1CCCO1. The van der Waals surface area contributed by atoms with E-state index < -0.39 is 0 Å². The van der Waals surface area contributed by atoms with Gasteiger partial charge in [-0.2, -0.15) is 0 Å². The molecule has 2 saturated heterocycles. The molecule has 2 aliphatic heterocycles. The summed E-state index contributed by atoms with van der Waals surface area (Å²) in [6, 6.07) is 12.0. The van der Waals surface area contributed by atoms with Crippen molar-refractivity contribution in [1.82, 2.24) is 14.8 Å². The average molecular weight is 438 g/mol. The lowest BCUT2D eigenvalue weighted by atomic mass is 9.95. The number of hydrogen-bond acceptors (Lipinski definition) is 4. The van der Waals surface area contributed by atoms with Crippen molar-refractivity contribution in [2.24, 2.45) is 5.92 Å². The van der Waals surface area contributed by atoms with Gasteiger partial charge < -0.3 is 14.6 Å². The number of ether oxygens (including phenoxy) is 1. The number of hydrogen-bond donors (Lipinski definition) is 1. The van der Waals surface area contributed by atoms with Gasteiger partial charge in [-0.15, -0.1) is 0 Å². The average Bonchev–Trinajstić information content (AvgIpc) is 3.42. The number of nitrogens with zero attached hydrogens (tertiary/aromatic N) is 2. The summed E-state index contributed by atoms with van der Waals surface area (Å²) in [4.78, 5) is 27.8. The van der Waals surface area contributed by atoms with Crippen LogP contribution in [0.1, 0.15) is 53.0 Å². The van der Waals surface area contributed by atoms with Crippen molar-refractivity contribution in [3.05, 3.63) is 58.9 Å². The quantitative estimate of drug-likeness (QED) is 0.642. The summed E-state index contributed by atoms with van der Waals surface area (Å²) < 4.78 is 8.01. The van der Waals surface area contributed by atoms with E-state index in [9.17, 15) is 9.59 Å². The number of Topliss-reactive ketones (excluding diaryl/α,β-unsaturated/α-hetero) is 1. The van der Waals surface area contributed by atoms with Crippen LogP contribution in [0.3, 0.4) is 0 Å². The highest BCUT2D eigenvalue weighted by Crippen LogP contribution is 2.22. The molecule has 32 heavy (non-hydrogen) atoms. The molecule has 1 aromatic carbocycles. The van der Waals surface area contributed by atoms with Crippen LogP contribution in [-0.4, -0.2) is 53.5 Å². The Morgan fingerprint density at radius 3 is 2.53 bits per heavy atom.